The third-order valence-corrected chi connectivity index (χ3v) is 3.46. The molecule has 1 aliphatic carbocycles. The van der Waals surface area contributed by atoms with Crippen LogP contribution in [0.1, 0.15) is 30.1 Å². The third kappa shape index (κ3) is 3.49. The zero-order chi connectivity index (χ0) is 14.8. The summed E-state index contributed by atoms with van der Waals surface area (Å²) < 4.78 is 0. The molecule has 6 heteroatoms. The van der Waals surface area contributed by atoms with Gasteiger partial charge in [0.2, 0.25) is 5.95 Å². The van der Waals surface area contributed by atoms with Crippen LogP contribution in [0.3, 0.4) is 0 Å². The first kappa shape index (κ1) is 13.8. The van der Waals surface area contributed by atoms with Gasteiger partial charge in [0, 0.05) is 17.3 Å². The Morgan fingerprint density at radius 2 is 2.19 bits per heavy atom. The number of nitrogens with one attached hydrogen (secondary N) is 2. The quantitative estimate of drug-likeness (QED) is 0.825. The summed E-state index contributed by atoms with van der Waals surface area (Å²) in [5.74, 6) is 1.11. The highest BCUT2D eigenvalue weighted by molar-refractivity contribution is 6.32. The Bertz CT molecular complexity index is 685. The van der Waals surface area contributed by atoms with Gasteiger partial charge in [0.1, 0.15) is 5.02 Å². The van der Waals surface area contributed by atoms with Crippen LogP contribution in [0.5, 0.6) is 0 Å². The van der Waals surface area contributed by atoms with Crippen LogP contribution < -0.4 is 10.6 Å². The number of aromatic nitrogens is 2. The van der Waals surface area contributed by atoms with E-state index in [1.807, 2.05) is 12.1 Å². The molecule has 1 aromatic carbocycles. The van der Waals surface area contributed by atoms with E-state index in [1.165, 1.54) is 6.92 Å². The molecular weight excluding hydrogens is 288 g/mol. The van der Waals surface area contributed by atoms with Crippen LogP contribution in [-0.2, 0) is 0 Å². The van der Waals surface area contributed by atoms with E-state index in [-0.39, 0.29) is 5.78 Å². The number of anilines is 3. The second-order valence-electron chi connectivity index (χ2n) is 5.07. The fraction of sp³-hybridized carbons (Fsp3) is 0.267. The van der Waals surface area contributed by atoms with Crippen LogP contribution in [0.25, 0.3) is 0 Å². The summed E-state index contributed by atoms with van der Waals surface area (Å²) in [6.07, 6.45) is 3.85. The molecule has 108 valence electrons. The van der Waals surface area contributed by atoms with E-state index in [1.54, 1.807) is 18.3 Å². The van der Waals surface area contributed by atoms with Gasteiger partial charge in [-0.1, -0.05) is 23.7 Å². The number of halogens is 1. The van der Waals surface area contributed by atoms with Gasteiger partial charge in [-0.2, -0.15) is 4.98 Å². The summed E-state index contributed by atoms with van der Waals surface area (Å²) in [5, 5.41) is 6.85. The Morgan fingerprint density at radius 1 is 1.38 bits per heavy atom. The molecule has 2 N–H and O–H groups in total. The number of hydrogen-bond acceptors (Lipinski definition) is 5. The van der Waals surface area contributed by atoms with Gasteiger partial charge < -0.3 is 10.6 Å². The first-order valence-electron chi connectivity index (χ1n) is 6.79. The lowest BCUT2D eigenvalue weighted by molar-refractivity contribution is 0.101. The largest absolute Gasteiger partial charge is 0.366 e. The Hall–Kier alpha value is -2.14. The van der Waals surface area contributed by atoms with Crippen molar-refractivity contribution in [2.75, 3.05) is 10.6 Å². The van der Waals surface area contributed by atoms with Gasteiger partial charge in [-0.15, -0.1) is 0 Å². The number of nitrogens with zero attached hydrogens (tertiary/aromatic N) is 2. The highest BCUT2D eigenvalue weighted by atomic mass is 35.5. The Labute approximate surface area is 127 Å². The van der Waals surface area contributed by atoms with Gasteiger partial charge in [0.15, 0.2) is 11.6 Å². The van der Waals surface area contributed by atoms with Crippen molar-refractivity contribution in [3.05, 3.63) is 41.0 Å². The Balaban J connectivity index is 1.80. The molecule has 1 saturated carbocycles. The molecule has 0 unspecified atom stereocenters. The van der Waals surface area contributed by atoms with Gasteiger partial charge in [-0.25, -0.2) is 4.98 Å². The molecule has 0 aliphatic heterocycles. The van der Waals surface area contributed by atoms with Crippen molar-refractivity contribution in [1.29, 1.82) is 0 Å². The first-order chi connectivity index (χ1) is 10.1. The molecule has 2 aromatic rings. The maximum atomic E-state index is 11.4. The summed E-state index contributed by atoms with van der Waals surface area (Å²) in [6, 6.07) is 7.69. The van der Waals surface area contributed by atoms with Crippen molar-refractivity contribution in [3.8, 4) is 0 Å². The minimum absolute atomic E-state index is 0.0202. The lowest BCUT2D eigenvalue weighted by Gasteiger charge is -2.09. The second-order valence-corrected chi connectivity index (χ2v) is 5.48. The van der Waals surface area contributed by atoms with E-state index in [0.717, 1.165) is 18.5 Å². The van der Waals surface area contributed by atoms with Gasteiger partial charge in [0.05, 0.1) is 6.20 Å². The van der Waals surface area contributed by atoms with Crippen LogP contribution in [0.4, 0.5) is 17.5 Å². The summed E-state index contributed by atoms with van der Waals surface area (Å²) in [6.45, 7) is 1.54. The molecule has 0 spiro atoms. The topological polar surface area (TPSA) is 66.9 Å². The van der Waals surface area contributed by atoms with Gasteiger partial charge in [0.25, 0.3) is 0 Å². The number of carbonyl (C=O) groups is 1. The molecule has 1 aromatic heterocycles. The molecular formula is C15H15ClN4O. The summed E-state index contributed by atoms with van der Waals surface area (Å²) in [5.41, 5.74) is 1.41. The summed E-state index contributed by atoms with van der Waals surface area (Å²) in [7, 11) is 0. The number of Topliss-reactive ketones (excluding diaryl/α,β-unsaturated/α-hetero) is 1. The monoisotopic (exact) mass is 302 g/mol. The Kier molecular flexibility index (Phi) is 3.75. The van der Waals surface area contributed by atoms with Crippen molar-refractivity contribution in [2.24, 2.45) is 0 Å². The molecule has 0 radical (unpaired) electrons. The van der Waals surface area contributed by atoms with E-state index in [2.05, 4.69) is 20.6 Å². The summed E-state index contributed by atoms with van der Waals surface area (Å²) in [4.78, 5) is 19.9. The Morgan fingerprint density at radius 3 is 2.90 bits per heavy atom. The predicted molar refractivity (Wildman–Crippen MR) is 83.4 cm³/mol. The highest BCUT2D eigenvalue weighted by Gasteiger charge is 2.22. The minimum atomic E-state index is 0.0202. The van der Waals surface area contributed by atoms with Crippen molar-refractivity contribution in [3.63, 3.8) is 0 Å². The van der Waals surface area contributed by atoms with Crippen molar-refractivity contribution < 1.29 is 4.79 Å². The average Bonchev–Trinajstić information content (AvgIpc) is 3.27. The van der Waals surface area contributed by atoms with E-state index >= 15 is 0 Å². The molecule has 5 nitrogen and oxygen atoms in total. The second kappa shape index (κ2) is 5.69. The lowest BCUT2D eigenvalue weighted by atomic mass is 10.1. The normalized spacial score (nSPS) is 13.8. The molecule has 0 amide bonds. The number of benzene rings is 1. The standard InChI is InChI=1S/C15H15ClN4O/c1-9(21)10-3-2-4-12(7-10)19-15-17-8-13(16)14(20-15)18-11-5-6-11/h2-4,7-8,11H,5-6H2,1H3,(H2,17,18,19,20). The lowest BCUT2D eigenvalue weighted by Crippen LogP contribution is -2.06. The van der Waals surface area contributed by atoms with Crippen LogP contribution >= 0.6 is 11.6 Å². The molecule has 1 aliphatic rings. The molecule has 1 heterocycles. The smallest absolute Gasteiger partial charge is 0.229 e. The minimum Gasteiger partial charge on any atom is -0.366 e. The molecule has 0 atom stereocenters. The van der Waals surface area contributed by atoms with Crippen LogP contribution in [-0.4, -0.2) is 21.8 Å². The first-order valence-corrected chi connectivity index (χ1v) is 7.17. The molecule has 3 rings (SSSR count). The van der Waals surface area contributed by atoms with Gasteiger partial charge >= 0.3 is 0 Å². The van der Waals surface area contributed by atoms with E-state index < -0.39 is 0 Å². The average molecular weight is 303 g/mol. The fourth-order valence-electron chi connectivity index (χ4n) is 1.89. The number of hydrogen-bond donors (Lipinski definition) is 2. The zero-order valence-electron chi connectivity index (χ0n) is 11.6. The van der Waals surface area contributed by atoms with Crippen molar-refractivity contribution in [1.82, 2.24) is 9.97 Å². The van der Waals surface area contributed by atoms with E-state index in [9.17, 15) is 4.79 Å². The third-order valence-electron chi connectivity index (χ3n) is 3.19. The van der Waals surface area contributed by atoms with E-state index in [4.69, 9.17) is 11.6 Å². The predicted octanol–water partition coefficient (Wildman–Crippen LogP) is 3.65. The van der Waals surface area contributed by atoms with Crippen molar-refractivity contribution >= 4 is 34.8 Å². The SMILES string of the molecule is CC(=O)c1cccc(Nc2ncc(Cl)c(NC3CC3)n2)c1. The fourth-order valence-corrected chi connectivity index (χ4v) is 2.04. The molecule has 21 heavy (non-hydrogen) atoms. The number of ketones is 1. The maximum absolute atomic E-state index is 11.4. The summed E-state index contributed by atoms with van der Waals surface area (Å²) >= 11 is 6.08. The van der Waals surface area contributed by atoms with Crippen LogP contribution in [0.2, 0.25) is 5.02 Å². The molecule has 1 fully saturated rings. The van der Waals surface area contributed by atoms with Gasteiger partial charge in [-0.05, 0) is 31.9 Å². The van der Waals surface area contributed by atoms with Crippen LogP contribution in [0.15, 0.2) is 30.5 Å². The molecule has 0 bridgehead atoms. The maximum Gasteiger partial charge on any atom is 0.229 e. The van der Waals surface area contributed by atoms with Gasteiger partial charge in [-0.3, -0.25) is 4.79 Å². The zero-order valence-corrected chi connectivity index (χ0v) is 12.3. The molecule has 0 saturated heterocycles. The van der Waals surface area contributed by atoms with E-state index in [0.29, 0.717) is 28.4 Å². The highest BCUT2D eigenvalue weighted by Crippen LogP contribution is 2.28. The van der Waals surface area contributed by atoms with Crippen molar-refractivity contribution in [2.45, 2.75) is 25.8 Å². The van der Waals surface area contributed by atoms with Crippen LogP contribution in [0, 0.1) is 0 Å². The number of carbonyl (C=O) groups excluding carboxylic acids is 1. The number of rotatable bonds is 5.